The number of nitrogens with zero attached hydrogens (tertiary/aromatic N) is 2. The number of nitrogens with one attached hydrogen (secondary N) is 1. The molecule has 1 aliphatic rings. The fourth-order valence-electron chi connectivity index (χ4n) is 3.17. The van der Waals surface area contributed by atoms with Gasteiger partial charge < -0.3 is 10.1 Å². The Labute approximate surface area is 129 Å². The Morgan fingerprint density at radius 1 is 1.33 bits per heavy atom. The van der Waals surface area contributed by atoms with Gasteiger partial charge in [0.1, 0.15) is 0 Å². The smallest absolute Gasteiger partial charge is 0.0630 e. The van der Waals surface area contributed by atoms with E-state index in [2.05, 4.69) is 36.1 Å². The van der Waals surface area contributed by atoms with E-state index >= 15 is 0 Å². The number of aromatic nitrogens is 2. The number of hydrogen-bond donors (Lipinski definition) is 1. The van der Waals surface area contributed by atoms with E-state index in [1.807, 2.05) is 0 Å². The van der Waals surface area contributed by atoms with Crippen molar-refractivity contribution in [2.24, 2.45) is 5.41 Å². The van der Waals surface area contributed by atoms with Gasteiger partial charge >= 0.3 is 0 Å². The summed E-state index contributed by atoms with van der Waals surface area (Å²) in [6.07, 6.45) is 9.90. The van der Waals surface area contributed by atoms with Crippen LogP contribution in [0.5, 0.6) is 0 Å². The lowest BCUT2D eigenvalue weighted by molar-refractivity contribution is 0.193. The van der Waals surface area contributed by atoms with Crippen molar-refractivity contribution in [2.75, 3.05) is 26.8 Å². The molecule has 1 aromatic heterocycles. The van der Waals surface area contributed by atoms with Crippen LogP contribution in [-0.2, 0) is 11.2 Å². The molecule has 0 amide bonds. The fourth-order valence-corrected chi connectivity index (χ4v) is 3.17. The first-order valence-corrected chi connectivity index (χ1v) is 8.34. The van der Waals surface area contributed by atoms with Gasteiger partial charge in [-0.05, 0) is 30.7 Å². The van der Waals surface area contributed by atoms with Gasteiger partial charge in [-0.1, -0.05) is 33.1 Å². The average molecular weight is 293 g/mol. The first kappa shape index (κ1) is 16.5. The van der Waals surface area contributed by atoms with E-state index < -0.39 is 0 Å². The van der Waals surface area contributed by atoms with Crippen molar-refractivity contribution >= 4 is 0 Å². The molecule has 0 radical (unpaired) electrons. The molecule has 0 saturated heterocycles. The quantitative estimate of drug-likeness (QED) is 0.748. The van der Waals surface area contributed by atoms with E-state index in [9.17, 15) is 0 Å². The molecule has 4 heteroatoms. The highest BCUT2D eigenvalue weighted by Gasteiger charge is 2.21. The molecule has 1 fully saturated rings. The average Bonchev–Trinajstić information content (AvgIpc) is 2.92. The van der Waals surface area contributed by atoms with E-state index in [1.54, 1.807) is 7.11 Å². The summed E-state index contributed by atoms with van der Waals surface area (Å²) in [5.74, 6) is 0. The molecule has 0 atom stereocenters. The molecule has 1 saturated carbocycles. The topological polar surface area (TPSA) is 39.1 Å². The monoisotopic (exact) mass is 293 g/mol. The SMILES string of the molecule is COCCNCC(C)(C)Cc1ccn(C2CCCCC2)n1. The van der Waals surface area contributed by atoms with Gasteiger partial charge in [0.15, 0.2) is 0 Å². The number of methoxy groups -OCH3 is 1. The molecular weight excluding hydrogens is 262 g/mol. The minimum atomic E-state index is 0.222. The Kier molecular flexibility index (Phi) is 6.24. The van der Waals surface area contributed by atoms with Gasteiger partial charge in [0.25, 0.3) is 0 Å². The summed E-state index contributed by atoms with van der Waals surface area (Å²) in [5, 5.41) is 8.29. The molecule has 0 aliphatic heterocycles. The minimum Gasteiger partial charge on any atom is -0.383 e. The van der Waals surface area contributed by atoms with E-state index in [1.165, 1.54) is 37.8 Å². The Bertz CT molecular complexity index is 408. The Hall–Kier alpha value is -0.870. The molecular formula is C17H31N3O. The molecule has 1 heterocycles. The number of ether oxygens (including phenoxy) is 1. The Balaban J connectivity index is 1.82. The third kappa shape index (κ3) is 5.44. The van der Waals surface area contributed by atoms with Crippen molar-refractivity contribution in [1.82, 2.24) is 15.1 Å². The molecule has 4 nitrogen and oxygen atoms in total. The van der Waals surface area contributed by atoms with Crippen LogP contribution < -0.4 is 5.32 Å². The summed E-state index contributed by atoms with van der Waals surface area (Å²) < 4.78 is 7.28. The minimum absolute atomic E-state index is 0.222. The maximum absolute atomic E-state index is 5.07. The van der Waals surface area contributed by atoms with Gasteiger partial charge in [0.05, 0.1) is 18.3 Å². The van der Waals surface area contributed by atoms with Crippen molar-refractivity contribution in [2.45, 2.75) is 58.4 Å². The maximum Gasteiger partial charge on any atom is 0.0630 e. The largest absolute Gasteiger partial charge is 0.383 e. The van der Waals surface area contributed by atoms with Crippen molar-refractivity contribution in [1.29, 1.82) is 0 Å². The van der Waals surface area contributed by atoms with Crippen LogP contribution in [-0.4, -0.2) is 36.6 Å². The van der Waals surface area contributed by atoms with Crippen LogP contribution in [0, 0.1) is 5.41 Å². The zero-order valence-electron chi connectivity index (χ0n) is 13.9. The molecule has 1 aromatic rings. The van der Waals surface area contributed by atoms with Crippen molar-refractivity contribution < 1.29 is 4.74 Å². The summed E-state index contributed by atoms with van der Waals surface area (Å²) in [7, 11) is 1.74. The highest BCUT2D eigenvalue weighted by atomic mass is 16.5. The summed E-state index contributed by atoms with van der Waals surface area (Å²) in [4.78, 5) is 0. The predicted octanol–water partition coefficient (Wildman–Crippen LogP) is 3.19. The van der Waals surface area contributed by atoms with Gasteiger partial charge in [0, 0.05) is 26.4 Å². The van der Waals surface area contributed by atoms with Crippen LogP contribution in [0.3, 0.4) is 0 Å². The molecule has 0 aromatic carbocycles. The lowest BCUT2D eigenvalue weighted by atomic mass is 9.88. The molecule has 0 unspecified atom stereocenters. The fraction of sp³-hybridized carbons (Fsp3) is 0.824. The van der Waals surface area contributed by atoms with Gasteiger partial charge in [-0.3, -0.25) is 4.68 Å². The standard InChI is InChI=1S/C17H31N3O/c1-17(2,14-18-10-12-21-3)13-15-9-11-20(19-15)16-7-5-4-6-8-16/h9,11,16,18H,4-8,10,12-14H2,1-3H3. The van der Waals surface area contributed by atoms with Crippen LogP contribution in [0.15, 0.2) is 12.3 Å². The van der Waals surface area contributed by atoms with Crippen LogP contribution in [0.4, 0.5) is 0 Å². The second kappa shape index (κ2) is 7.95. The maximum atomic E-state index is 5.07. The molecule has 1 aliphatic carbocycles. The van der Waals surface area contributed by atoms with Crippen molar-refractivity contribution in [3.63, 3.8) is 0 Å². The third-order valence-electron chi connectivity index (χ3n) is 4.36. The Morgan fingerprint density at radius 3 is 2.81 bits per heavy atom. The molecule has 0 bridgehead atoms. The summed E-state index contributed by atoms with van der Waals surface area (Å²) in [6, 6.07) is 2.83. The lowest BCUT2D eigenvalue weighted by Crippen LogP contribution is -2.33. The molecule has 2 rings (SSSR count). The molecule has 0 spiro atoms. The summed E-state index contributed by atoms with van der Waals surface area (Å²) in [6.45, 7) is 7.27. The molecule has 1 N–H and O–H groups in total. The third-order valence-corrected chi connectivity index (χ3v) is 4.36. The molecule has 120 valence electrons. The van der Waals surface area contributed by atoms with E-state index in [-0.39, 0.29) is 5.41 Å². The Morgan fingerprint density at radius 2 is 2.10 bits per heavy atom. The number of rotatable bonds is 8. The summed E-state index contributed by atoms with van der Waals surface area (Å²) in [5.41, 5.74) is 1.44. The van der Waals surface area contributed by atoms with Crippen LogP contribution in [0.25, 0.3) is 0 Å². The van der Waals surface area contributed by atoms with Gasteiger partial charge in [-0.25, -0.2) is 0 Å². The number of hydrogen-bond acceptors (Lipinski definition) is 3. The lowest BCUT2D eigenvalue weighted by Gasteiger charge is -2.24. The highest BCUT2D eigenvalue weighted by molar-refractivity contribution is 5.03. The van der Waals surface area contributed by atoms with Crippen molar-refractivity contribution in [3.8, 4) is 0 Å². The summed E-state index contributed by atoms with van der Waals surface area (Å²) >= 11 is 0. The van der Waals surface area contributed by atoms with Crippen LogP contribution in [0.2, 0.25) is 0 Å². The second-order valence-corrected chi connectivity index (χ2v) is 7.09. The van der Waals surface area contributed by atoms with Crippen LogP contribution in [0.1, 0.15) is 57.7 Å². The normalized spacial score (nSPS) is 17.3. The first-order chi connectivity index (χ1) is 10.1. The van der Waals surface area contributed by atoms with Crippen LogP contribution >= 0.6 is 0 Å². The highest BCUT2D eigenvalue weighted by Crippen LogP contribution is 2.28. The van der Waals surface area contributed by atoms with Gasteiger partial charge in [0.2, 0.25) is 0 Å². The molecule has 21 heavy (non-hydrogen) atoms. The van der Waals surface area contributed by atoms with Gasteiger partial charge in [-0.15, -0.1) is 0 Å². The van der Waals surface area contributed by atoms with Crippen molar-refractivity contribution in [3.05, 3.63) is 18.0 Å². The second-order valence-electron chi connectivity index (χ2n) is 7.09. The zero-order valence-corrected chi connectivity index (χ0v) is 13.9. The predicted molar refractivity (Wildman–Crippen MR) is 86.6 cm³/mol. The van der Waals surface area contributed by atoms with E-state index in [0.717, 1.165) is 26.1 Å². The van der Waals surface area contributed by atoms with E-state index in [0.29, 0.717) is 6.04 Å². The van der Waals surface area contributed by atoms with E-state index in [4.69, 9.17) is 9.84 Å². The zero-order chi connectivity index (χ0) is 15.1. The van der Waals surface area contributed by atoms with Gasteiger partial charge in [-0.2, -0.15) is 5.10 Å². The first-order valence-electron chi connectivity index (χ1n) is 8.34.